The summed E-state index contributed by atoms with van der Waals surface area (Å²) in [5.41, 5.74) is 4.02. The van der Waals surface area contributed by atoms with Crippen LogP contribution in [0.1, 0.15) is 16.1 Å². The van der Waals surface area contributed by atoms with Crippen LogP contribution in [0.25, 0.3) is 22.0 Å². The van der Waals surface area contributed by atoms with Crippen LogP contribution < -0.4 is 15.6 Å². The molecule has 4 aromatic rings. The number of hydrogen-bond acceptors (Lipinski definition) is 4. The van der Waals surface area contributed by atoms with Gasteiger partial charge in [-0.05, 0) is 48.4 Å². The molecule has 0 unspecified atom stereocenters. The van der Waals surface area contributed by atoms with E-state index in [1.165, 1.54) is 0 Å². The molecule has 0 fully saturated rings. The van der Waals surface area contributed by atoms with Crippen molar-refractivity contribution in [1.29, 1.82) is 0 Å². The third kappa shape index (κ3) is 3.34. The lowest BCUT2D eigenvalue weighted by molar-refractivity contribution is 0.101. The van der Waals surface area contributed by atoms with Crippen molar-refractivity contribution in [3.63, 3.8) is 0 Å². The van der Waals surface area contributed by atoms with Gasteiger partial charge in [0.05, 0.1) is 12.6 Å². The molecule has 7 nitrogen and oxygen atoms in total. The Morgan fingerprint density at radius 1 is 1.10 bits per heavy atom. The summed E-state index contributed by atoms with van der Waals surface area (Å²) in [5.74, 6) is 0.242. The van der Waals surface area contributed by atoms with Gasteiger partial charge in [0.15, 0.2) is 0 Å². The van der Waals surface area contributed by atoms with E-state index >= 15 is 0 Å². The molecule has 0 radical (unpaired) electrons. The smallest absolute Gasteiger partial charge is 0.272 e. The first-order chi connectivity index (χ1) is 14.4. The summed E-state index contributed by atoms with van der Waals surface area (Å²) < 4.78 is 8.52. The number of aryl methyl sites for hydroxylation is 3. The highest BCUT2D eigenvalue weighted by atomic mass is 16.5. The van der Waals surface area contributed by atoms with E-state index in [9.17, 15) is 9.59 Å². The number of aromatic nitrogens is 3. The largest absolute Gasteiger partial charge is 0.481 e. The molecule has 0 aliphatic carbocycles. The molecule has 0 saturated heterocycles. The standard InChI is InChI=1S/C23H22N4O3/c1-14-7-8-16(25-22(28)19-6-5-9-26(19)2)11-17(14)18-10-15-13-24-21(30-4)12-20(15)27(3)23(18)29/h5-13H,1-4H3,(H,25,28). The summed E-state index contributed by atoms with van der Waals surface area (Å²) in [7, 11) is 5.08. The van der Waals surface area contributed by atoms with Crippen molar-refractivity contribution < 1.29 is 9.53 Å². The second-order valence-corrected chi connectivity index (χ2v) is 7.20. The molecule has 1 aromatic carbocycles. The highest BCUT2D eigenvalue weighted by Gasteiger charge is 2.14. The number of amides is 1. The predicted molar refractivity (Wildman–Crippen MR) is 117 cm³/mol. The van der Waals surface area contributed by atoms with Crippen molar-refractivity contribution in [1.82, 2.24) is 14.1 Å². The number of nitrogens with zero attached hydrogens (tertiary/aromatic N) is 3. The average Bonchev–Trinajstić information content (AvgIpc) is 3.18. The van der Waals surface area contributed by atoms with E-state index in [-0.39, 0.29) is 11.5 Å². The molecular formula is C23H22N4O3. The van der Waals surface area contributed by atoms with Gasteiger partial charge in [0.2, 0.25) is 5.88 Å². The van der Waals surface area contributed by atoms with E-state index < -0.39 is 0 Å². The van der Waals surface area contributed by atoms with Crippen molar-refractivity contribution in [2.45, 2.75) is 6.92 Å². The molecule has 0 bridgehead atoms. The van der Waals surface area contributed by atoms with Crippen molar-refractivity contribution in [3.8, 4) is 17.0 Å². The number of rotatable bonds is 4. The lowest BCUT2D eigenvalue weighted by Gasteiger charge is -2.13. The molecule has 30 heavy (non-hydrogen) atoms. The molecule has 0 spiro atoms. The maximum absolute atomic E-state index is 13.1. The van der Waals surface area contributed by atoms with Crippen LogP contribution in [-0.2, 0) is 14.1 Å². The number of nitrogens with one attached hydrogen (secondary N) is 1. The minimum atomic E-state index is -0.208. The summed E-state index contributed by atoms with van der Waals surface area (Å²) in [5, 5.41) is 3.74. The molecule has 1 N–H and O–H groups in total. The Morgan fingerprint density at radius 2 is 1.90 bits per heavy atom. The van der Waals surface area contributed by atoms with Gasteiger partial charge in [-0.1, -0.05) is 6.07 Å². The first-order valence-corrected chi connectivity index (χ1v) is 9.46. The lowest BCUT2D eigenvalue weighted by atomic mass is 9.99. The fourth-order valence-electron chi connectivity index (χ4n) is 3.53. The molecule has 0 atom stereocenters. The zero-order valence-electron chi connectivity index (χ0n) is 17.3. The van der Waals surface area contributed by atoms with Crippen LogP contribution in [0, 0.1) is 6.92 Å². The quantitative estimate of drug-likeness (QED) is 0.567. The van der Waals surface area contributed by atoms with E-state index in [0.29, 0.717) is 22.8 Å². The van der Waals surface area contributed by atoms with Crippen LogP contribution in [0.3, 0.4) is 0 Å². The number of carbonyl (C=O) groups is 1. The van der Waals surface area contributed by atoms with Gasteiger partial charge >= 0.3 is 0 Å². The number of hydrogen-bond donors (Lipinski definition) is 1. The van der Waals surface area contributed by atoms with Crippen LogP contribution in [0.15, 0.2) is 59.7 Å². The maximum atomic E-state index is 13.1. The van der Waals surface area contributed by atoms with Crippen LogP contribution >= 0.6 is 0 Å². The van der Waals surface area contributed by atoms with E-state index in [4.69, 9.17) is 4.74 Å². The number of ether oxygens (including phenoxy) is 1. The van der Waals surface area contributed by atoms with Crippen molar-refractivity contribution in [2.75, 3.05) is 12.4 Å². The molecule has 7 heteroatoms. The fraction of sp³-hybridized carbons (Fsp3) is 0.174. The molecule has 0 saturated carbocycles. The van der Waals surface area contributed by atoms with Gasteiger partial charge in [-0.15, -0.1) is 0 Å². The van der Waals surface area contributed by atoms with Crippen LogP contribution in [-0.4, -0.2) is 27.1 Å². The van der Waals surface area contributed by atoms with E-state index in [0.717, 1.165) is 22.0 Å². The van der Waals surface area contributed by atoms with Gasteiger partial charge in [0.1, 0.15) is 5.69 Å². The first kappa shape index (κ1) is 19.4. The van der Waals surface area contributed by atoms with Crippen LogP contribution in [0.4, 0.5) is 5.69 Å². The van der Waals surface area contributed by atoms with Crippen molar-refractivity contribution in [3.05, 3.63) is 76.5 Å². The topological polar surface area (TPSA) is 78.2 Å². The van der Waals surface area contributed by atoms with Gasteiger partial charge in [0, 0.05) is 49.2 Å². The number of fused-ring (bicyclic) bond motifs is 1. The Balaban J connectivity index is 1.79. The Hall–Kier alpha value is -3.87. The second-order valence-electron chi connectivity index (χ2n) is 7.20. The number of pyridine rings is 2. The second kappa shape index (κ2) is 7.51. The molecule has 0 aliphatic heterocycles. The number of methoxy groups -OCH3 is 1. The summed E-state index contributed by atoms with van der Waals surface area (Å²) in [6, 6.07) is 12.7. The highest BCUT2D eigenvalue weighted by molar-refractivity contribution is 6.03. The third-order valence-electron chi connectivity index (χ3n) is 5.25. The minimum Gasteiger partial charge on any atom is -0.481 e. The Kier molecular flexibility index (Phi) is 4.87. The van der Waals surface area contributed by atoms with E-state index in [1.54, 1.807) is 41.6 Å². The van der Waals surface area contributed by atoms with Crippen molar-refractivity contribution >= 4 is 22.5 Å². The molecular weight excluding hydrogens is 380 g/mol. The molecule has 4 rings (SSSR count). The SMILES string of the molecule is COc1cc2c(cn1)cc(-c1cc(NC(=O)c3cccn3C)ccc1C)c(=O)n2C. The molecule has 3 aromatic heterocycles. The Morgan fingerprint density at radius 3 is 2.60 bits per heavy atom. The third-order valence-corrected chi connectivity index (χ3v) is 5.25. The normalized spacial score (nSPS) is 10.9. The number of anilines is 1. The molecule has 0 aliphatic rings. The highest BCUT2D eigenvalue weighted by Crippen LogP contribution is 2.27. The lowest BCUT2D eigenvalue weighted by Crippen LogP contribution is -2.19. The maximum Gasteiger partial charge on any atom is 0.272 e. The fourth-order valence-corrected chi connectivity index (χ4v) is 3.53. The average molecular weight is 402 g/mol. The summed E-state index contributed by atoms with van der Waals surface area (Å²) in [6.45, 7) is 1.94. The van der Waals surface area contributed by atoms with Gasteiger partial charge in [-0.25, -0.2) is 4.98 Å². The summed E-state index contributed by atoms with van der Waals surface area (Å²) >= 11 is 0. The molecule has 3 heterocycles. The summed E-state index contributed by atoms with van der Waals surface area (Å²) in [4.78, 5) is 29.9. The Bertz CT molecular complexity index is 1330. The van der Waals surface area contributed by atoms with Crippen LogP contribution in [0.2, 0.25) is 0 Å². The molecule has 152 valence electrons. The van der Waals surface area contributed by atoms with E-state index in [2.05, 4.69) is 10.3 Å². The van der Waals surface area contributed by atoms with Gasteiger partial charge in [-0.2, -0.15) is 0 Å². The van der Waals surface area contributed by atoms with Crippen LogP contribution in [0.5, 0.6) is 5.88 Å². The summed E-state index contributed by atoms with van der Waals surface area (Å²) in [6.07, 6.45) is 3.50. The molecule has 1 amide bonds. The van der Waals surface area contributed by atoms with Crippen molar-refractivity contribution in [2.24, 2.45) is 14.1 Å². The van der Waals surface area contributed by atoms with Gasteiger partial charge in [-0.3, -0.25) is 9.59 Å². The Labute approximate surface area is 173 Å². The monoisotopic (exact) mass is 402 g/mol. The predicted octanol–water partition coefficient (Wildman–Crippen LogP) is 3.51. The first-order valence-electron chi connectivity index (χ1n) is 9.46. The minimum absolute atomic E-state index is 0.134. The zero-order valence-corrected chi connectivity index (χ0v) is 17.3. The number of carbonyl (C=O) groups excluding carboxylic acids is 1. The zero-order chi connectivity index (χ0) is 21.4. The van der Waals surface area contributed by atoms with Gasteiger partial charge < -0.3 is 19.2 Å². The van der Waals surface area contributed by atoms with Gasteiger partial charge in [0.25, 0.3) is 11.5 Å². The van der Waals surface area contributed by atoms with E-state index in [1.807, 2.05) is 50.5 Å². The number of benzene rings is 1.